The van der Waals surface area contributed by atoms with E-state index in [-0.39, 0.29) is 5.91 Å². The number of hydrogen-bond acceptors (Lipinski definition) is 3. The average molecular weight is 236 g/mol. The molecule has 1 heterocycles. The fourth-order valence-electron chi connectivity index (χ4n) is 1.30. The third-order valence-electron chi connectivity index (χ3n) is 2.83. The highest BCUT2D eigenvalue weighted by Crippen LogP contribution is 2.17. The lowest BCUT2D eigenvalue weighted by Gasteiger charge is -2.16. The molecule has 1 rings (SSSR count). The number of carboxylic acid groups (broad SMARTS) is 1. The Morgan fingerprint density at radius 1 is 1.35 bits per heavy atom. The van der Waals surface area contributed by atoms with E-state index in [1.54, 1.807) is 25.4 Å². The minimum absolute atomic E-state index is 0.297. The average Bonchev–Trinajstić information content (AvgIpc) is 2.30. The highest BCUT2D eigenvalue weighted by molar-refractivity contribution is 5.95. The van der Waals surface area contributed by atoms with Crippen LogP contribution >= 0.6 is 0 Å². The van der Waals surface area contributed by atoms with Crippen LogP contribution in [0.5, 0.6) is 0 Å². The summed E-state index contributed by atoms with van der Waals surface area (Å²) < 4.78 is 0. The van der Waals surface area contributed by atoms with Crippen LogP contribution in [0, 0.1) is 18.8 Å². The standard InChI is InChI=1S/C12H16N2O3/c1-7-6-13-5-4-10(7)14-11(15)8(2)9(3)12(16)17/h4-6,8-9H,1-3H3,(H,16,17)(H,13,14,15). The molecule has 0 spiro atoms. The lowest BCUT2D eigenvalue weighted by atomic mass is 9.95. The predicted octanol–water partition coefficient (Wildman–Crippen LogP) is 1.69. The molecule has 2 atom stereocenters. The molecule has 1 amide bonds. The summed E-state index contributed by atoms with van der Waals surface area (Å²) in [5.41, 5.74) is 1.51. The van der Waals surface area contributed by atoms with Gasteiger partial charge >= 0.3 is 5.97 Å². The number of nitrogens with one attached hydrogen (secondary N) is 1. The normalized spacial score (nSPS) is 13.8. The number of rotatable bonds is 4. The summed E-state index contributed by atoms with van der Waals surface area (Å²) in [5, 5.41) is 11.5. The van der Waals surface area contributed by atoms with Crippen molar-refractivity contribution in [2.24, 2.45) is 11.8 Å². The van der Waals surface area contributed by atoms with Crippen molar-refractivity contribution in [3.8, 4) is 0 Å². The second kappa shape index (κ2) is 5.43. The first-order valence-electron chi connectivity index (χ1n) is 5.37. The number of amides is 1. The largest absolute Gasteiger partial charge is 0.481 e. The number of carbonyl (C=O) groups is 2. The molecule has 0 radical (unpaired) electrons. The molecule has 0 aliphatic carbocycles. The van der Waals surface area contributed by atoms with E-state index in [2.05, 4.69) is 10.3 Å². The Morgan fingerprint density at radius 2 is 2.00 bits per heavy atom. The molecule has 0 aromatic carbocycles. The smallest absolute Gasteiger partial charge is 0.307 e. The van der Waals surface area contributed by atoms with Crippen LogP contribution in [0.15, 0.2) is 18.5 Å². The van der Waals surface area contributed by atoms with Crippen molar-refractivity contribution in [3.63, 3.8) is 0 Å². The fourth-order valence-corrected chi connectivity index (χ4v) is 1.30. The first-order valence-corrected chi connectivity index (χ1v) is 5.37. The van der Waals surface area contributed by atoms with Gasteiger partial charge < -0.3 is 10.4 Å². The molecule has 0 fully saturated rings. The Bertz CT molecular complexity index is 432. The van der Waals surface area contributed by atoms with Crippen molar-refractivity contribution in [1.29, 1.82) is 0 Å². The molecule has 0 saturated heterocycles. The van der Waals surface area contributed by atoms with Crippen LogP contribution in [-0.2, 0) is 9.59 Å². The number of aliphatic carboxylic acids is 1. The zero-order valence-electron chi connectivity index (χ0n) is 10.1. The molecule has 1 aromatic rings. The van der Waals surface area contributed by atoms with Gasteiger partial charge in [-0.15, -0.1) is 0 Å². The molecule has 0 bridgehead atoms. The van der Waals surface area contributed by atoms with Gasteiger partial charge in [0.05, 0.1) is 5.92 Å². The molecule has 2 N–H and O–H groups in total. The van der Waals surface area contributed by atoms with Gasteiger partial charge in [0.25, 0.3) is 0 Å². The second-order valence-corrected chi connectivity index (χ2v) is 4.10. The zero-order valence-corrected chi connectivity index (χ0v) is 10.1. The van der Waals surface area contributed by atoms with Gasteiger partial charge in [0, 0.05) is 24.0 Å². The highest BCUT2D eigenvalue weighted by Gasteiger charge is 2.25. The Kier molecular flexibility index (Phi) is 4.20. The second-order valence-electron chi connectivity index (χ2n) is 4.10. The van der Waals surface area contributed by atoms with E-state index in [0.29, 0.717) is 5.69 Å². The van der Waals surface area contributed by atoms with Crippen LogP contribution in [0.1, 0.15) is 19.4 Å². The van der Waals surface area contributed by atoms with Crippen LogP contribution in [0.4, 0.5) is 5.69 Å². The summed E-state index contributed by atoms with van der Waals surface area (Å²) in [6, 6.07) is 1.69. The fraction of sp³-hybridized carbons (Fsp3) is 0.417. The molecule has 92 valence electrons. The number of aromatic nitrogens is 1. The highest BCUT2D eigenvalue weighted by atomic mass is 16.4. The summed E-state index contributed by atoms with van der Waals surface area (Å²) in [6.45, 7) is 4.95. The maximum absolute atomic E-state index is 11.8. The molecular weight excluding hydrogens is 220 g/mol. The summed E-state index contributed by atoms with van der Waals surface area (Å²) in [7, 11) is 0. The van der Waals surface area contributed by atoms with E-state index in [9.17, 15) is 9.59 Å². The number of nitrogens with zero attached hydrogens (tertiary/aromatic N) is 1. The quantitative estimate of drug-likeness (QED) is 0.833. The molecular formula is C12H16N2O3. The first kappa shape index (κ1) is 13.2. The van der Waals surface area contributed by atoms with Crippen molar-refractivity contribution in [1.82, 2.24) is 4.98 Å². The molecule has 5 heteroatoms. The van der Waals surface area contributed by atoms with Crippen LogP contribution in [0.3, 0.4) is 0 Å². The van der Waals surface area contributed by atoms with Crippen LogP contribution < -0.4 is 5.32 Å². The molecule has 0 aliphatic heterocycles. The first-order chi connectivity index (χ1) is 7.93. The predicted molar refractivity (Wildman–Crippen MR) is 63.6 cm³/mol. The number of aryl methyl sites for hydroxylation is 1. The number of pyridine rings is 1. The molecule has 5 nitrogen and oxygen atoms in total. The SMILES string of the molecule is Cc1cnccc1NC(=O)C(C)C(C)C(=O)O. The molecule has 0 saturated carbocycles. The van der Waals surface area contributed by atoms with Gasteiger partial charge in [-0.2, -0.15) is 0 Å². The third kappa shape index (κ3) is 3.27. The maximum Gasteiger partial charge on any atom is 0.307 e. The Labute approximate surface area is 99.9 Å². The van der Waals surface area contributed by atoms with E-state index in [0.717, 1.165) is 5.56 Å². The van der Waals surface area contributed by atoms with Gasteiger partial charge in [-0.1, -0.05) is 13.8 Å². The Balaban J connectivity index is 2.73. The minimum Gasteiger partial charge on any atom is -0.481 e. The summed E-state index contributed by atoms with van der Waals surface area (Å²) in [6.07, 6.45) is 3.22. The molecule has 17 heavy (non-hydrogen) atoms. The maximum atomic E-state index is 11.8. The Morgan fingerprint density at radius 3 is 2.53 bits per heavy atom. The number of anilines is 1. The van der Waals surface area contributed by atoms with Crippen LogP contribution in [0.2, 0.25) is 0 Å². The van der Waals surface area contributed by atoms with E-state index in [4.69, 9.17) is 5.11 Å². The van der Waals surface area contributed by atoms with E-state index in [1.807, 2.05) is 6.92 Å². The zero-order chi connectivity index (χ0) is 13.0. The topological polar surface area (TPSA) is 79.3 Å². The minimum atomic E-state index is -0.973. The lowest BCUT2D eigenvalue weighted by Crippen LogP contribution is -2.30. The van der Waals surface area contributed by atoms with Gasteiger partial charge in [-0.05, 0) is 18.6 Å². The third-order valence-corrected chi connectivity index (χ3v) is 2.83. The summed E-state index contributed by atoms with van der Waals surface area (Å²) >= 11 is 0. The van der Waals surface area contributed by atoms with Crippen molar-refractivity contribution in [3.05, 3.63) is 24.0 Å². The number of carboxylic acids is 1. The molecule has 1 aromatic heterocycles. The van der Waals surface area contributed by atoms with Crippen molar-refractivity contribution in [2.45, 2.75) is 20.8 Å². The van der Waals surface area contributed by atoms with Crippen molar-refractivity contribution >= 4 is 17.6 Å². The van der Waals surface area contributed by atoms with Gasteiger partial charge in [0.2, 0.25) is 5.91 Å². The molecule has 0 aliphatic rings. The van der Waals surface area contributed by atoms with Crippen LogP contribution in [-0.4, -0.2) is 22.0 Å². The van der Waals surface area contributed by atoms with Crippen molar-refractivity contribution < 1.29 is 14.7 Å². The lowest BCUT2D eigenvalue weighted by molar-refractivity contribution is -0.145. The monoisotopic (exact) mass is 236 g/mol. The van der Waals surface area contributed by atoms with Gasteiger partial charge in [0.15, 0.2) is 0 Å². The van der Waals surface area contributed by atoms with E-state index >= 15 is 0 Å². The van der Waals surface area contributed by atoms with E-state index in [1.165, 1.54) is 6.92 Å². The van der Waals surface area contributed by atoms with Gasteiger partial charge in [0.1, 0.15) is 0 Å². The number of hydrogen-bond donors (Lipinski definition) is 2. The Hall–Kier alpha value is -1.91. The summed E-state index contributed by atoms with van der Waals surface area (Å²) in [4.78, 5) is 26.5. The van der Waals surface area contributed by atoms with E-state index < -0.39 is 17.8 Å². The van der Waals surface area contributed by atoms with Crippen LogP contribution in [0.25, 0.3) is 0 Å². The molecule has 2 unspecified atom stereocenters. The van der Waals surface area contributed by atoms with Gasteiger partial charge in [-0.25, -0.2) is 0 Å². The van der Waals surface area contributed by atoms with Gasteiger partial charge in [-0.3, -0.25) is 14.6 Å². The summed E-state index contributed by atoms with van der Waals surface area (Å²) in [5.74, 6) is -2.56. The number of carbonyl (C=O) groups excluding carboxylic acids is 1. The van der Waals surface area contributed by atoms with Crippen molar-refractivity contribution in [2.75, 3.05) is 5.32 Å².